The molecule has 7 nitrogen and oxygen atoms in total. The van der Waals surface area contributed by atoms with E-state index in [0.29, 0.717) is 17.5 Å². The Kier molecular flexibility index (Phi) is 5.02. The highest BCUT2D eigenvalue weighted by atomic mass is 19.1. The van der Waals surface area contributed by atoms with Crippen LogP contribution in [0, 0.1) is 5.82 Å². The first-order chi connectivity index (χ1) is 12.5. The summed E-state index contributed by atoms with van der Waals surface area (Å²) in [5.74, 6) is 0.404. The lowest BCUT2D eigenvalue weighted by atomic mass is 10.1. The van der Waals surface area contributed by atoms with E-state index in [0.717, 1.165) is 5.56 Å². The molecule has 2 aromatic heterocycles. The van der Waals surface area contributed by atoms with Crippen molar-refractivity contribution in [2.75, 3.05) is 10.6 Å². The number of hydrogen-bond acceptors (Lipinski definition) is 6. The summed E-state index contributed by atoms with van der Waals surface area (Å²) in [6.07, 6.45) is 4.67. The molecule has 0 saturated heterocycles. The normalized spacial score (nSPS) is 11.6. The Hall–Kier alpha value is -3.55. The van der Waals surface area contributed by atoms with Crippen molar-refractivity contribution in [1.29, 1.82) is 0 Å². The third-order valence-corrected chi connectivity index (χ3v) is 3.70. The van der Waals surface area contributed by atoms with E-state index >= 15 is 0 Å². The van der Waals surface area contributed by atoms with Gasteiger partial charge in [-0.2, -0.15) is 0 Å². The van der Waals surface area contributed by atoms with Gasteiger partial charge in [0.05, 0.1) is 11.8 Å². The molecular formula is C18H17FN6O. The third kappa shape index (κ3) is 4.10. The molecule has 26 heavy (non-hydrogen) atoms. The van der Waals surface area contributed by atoms with Crippen LogP contribution in [0.1, 0.15) is 28.9 Å². The number of pyridine rings is 1. The predicted molar refractivity (Wildman–Crippen MR) is 96.5 cm³/mol. The number of rotatable bonds is 6. The number of aromatic nitrogens is 3. The first-order valence-electron chi connectivity index (χ1n) is 7.89. The van der Waals surface area contributed by atoms with Crippen molar-refractivity contribution in [2.45, 2.75) is 13.0 Å². The lowest BCUT2D eigenvalue weighted by Crippen LogP contribution is -2.17. The minimum Gasteiger partial charge on any atom is -0.365 e. The topological polar surface area (TPSA) is 106 Å². The average Bonchev–Trinajstić information content (AvgIpc) is 2.63. The molecule has 0 bridgehead atoms. The summed E-state index contributed by atoms with van der Waals surface area (Å²) in [6.45, 7) is 1.88. The van der Waals surface area contributed by atoms with Gasteiger partial charge in [-0.05, 0) is 36.8 Å². The Morgan fingerprint density at radius 1 is 1.12 bits per heavy atom. The number of nitrogens with two attached hydrogens (primary N) is 1. The summed E-state index contributed by atoms with van der Waals surface area (Å²) < 4.78 is 13.1. The zero-order valence-electron chi connectivity index (χ0n) is 14.0. The predicted octanol–water partition coefficient (Wildman–Crippen LogP) is 3.03. The van der Waals surface area contributed by atoms with Crippen LogP contribution in [-0.2, 0) is 0 Å². The maximum absolute atomic E-state index is 13.1. The van der Waals surface area contributed by atoms with E-state index in [2.05, 4.69) is 25.6 Å². The van der Waals surface area contributed by atoms with Gasteiger partial charge < -0.3 is 16.4 Å². The largest absolute Gasteiger partial charge is 0.365 e. The van der Waals surface area contributed by atoms with E-state index in [1.54, 1.807) is 42.9 Å². The van der Waals surface area contributed by atoms with Crippen molar-refractivity contribution in [1.82, 2.24) is 15.0 Å². The monoisotopic (exact) mass is 352 g/mol. The first kappa shape index (κ1) is 17.3. The van der Waals surface area contributed by atoms with Crippen LogP contribution in [0.25, 0.3) is 0 Å². The van der Waals surface area contributed by atoms with Crippen LogP contribution in [0.4, 0.5) is 21.8 Å². The van der Waals surface area contributed by atoms with E-state index in [-0.39, 0.29) is 17.4 Å². The Morgan fingerprint density at radius 3 is 2.54 bits per heavy atom. The fourth-order valence-corrected chi connectivity index (χ4v) is 2.37. The molecule has 1 amide bonds. The molecule has 0 aliphatic heterocycles. The molecule has 3 aromatic rings. The van der Waals surface area contributed by atoms with Gasteiger partial charge in [-0.3, -0.25) is 9.78 Å². The molecule has 0 aliphatic carbocycles. The van der Waals surface area contributed by atoms with Gasteiger partial charge in [-0.1, -0.05) is 12.1 Å². The zero-order chi connectivity index (χ0) is 18.5. The van der Waals surface area contributed by atoms with Crippen LogP contribution >= 0.6 is 0 Å². The lowest BCUT2D eigenvalue weighted by Gasteiger charge is -2.17. The van der Waals surface area contributed by atoms with E-state index in [1.807, 2.05) is 6.92 Å². The Labute approximate surface area is 149 Å². The number of anilines is 3. The number of amides is 1. The second kappa shape index (κ2) is 7.56. The van der Waals surface area contributed by atoms with Crippen molar-refractivity contribution >= 4 is 23.4 Å². The minimum atomic E-state index is -0.600. The van der Waals surface area contributed by atoms with Gasteiger partial charge >= 0.3 is 0 Å². The maximum atomic E-state index is 13.1. The van der Waals surface area contributed by atoms with Crippen LogP contribution in [0.5, 0.6) is 0 Å². The fraction of sp³-hybridized carbons (Fsp3) is 0.111. The van der Waals surface area contributed by atoms with Crippen molar-refractivity contribution in [3.8, 4) is 0 Å². The molecule has 132 valence electrons. The molecule has 0 saturated carbocycles. The maximum Gasteiger partial charge on any atom is 0.252 e. The molecule has 0 radical (unpaired) electrons. The molecular weight excluding hydrogens is 335 g/mol. The van der Waals surface area contributed by atoms with Crippen molar-refractivity contribution < 1.29 is 9.18 Å². The van der Waals surface area contributed by atoms with E-state index in [9.17, 15) is 9.18 Å². The molecule has 1 aromatic carbocycles. The smallest absolute Gasteiger partial charge is 0.252 e. The van der Waals surface area contributed by atoms with Gasteiger partial charge in [0.1, 0.15) is 23.3 Å². The van der Waals surface area contributed by atoms with Crippen LogP contribution in [0.3, 0.4) is 0 Å². The number of halogens is 1. The average molecular weight is 352 g/mol. The van der Waals surface area contributed by atoms with Gasteiger partial charge in [-0.15, -0.1) is 0 Å². The Morgan fingerprint density at radius 2 is 1.88 bits per heavy atom. The SMILES string of the molecule is C[C@H](Nc1nc(Nc2cnccn2)ccc1C(N)=O)c1ccc(F)cc1. The van der Waals surface area contributed by atoms with Crippen LogP contribution in [-0.4, -0.2) is 20.9 Å². The number of carbonyl (C=O) groups excluding carboxylic acids is 1. The minimum absolute atomic E-state index is 0.215. The fourth-order valence-electron chi connectivity index (χ4n) is 2.37. The summed E-state index contributed by atoms with van der Waals surface area (Å²) in [5, 5.41) is 6.15. The standard InChI is InChI=1S/C18H17FN6O/c1-11(12-2-4-13(19)5-3-12)23-18-14(17(20)26)6-7-15(25-18)24-16-10-21-8-9-22-16/h2-11H,1H3,(H2,20,26)(H2,22,23,24,25)/t11-/m0/s1. The second-order valence-corrected chi connectivity index (χ2v) is 5.59. The van der Waals surface area contributed by atoms with Gasteiger partial charge in [-0.25, -0.2) is 14.4 Å². The molecule has 0 aliphatic rings. The number of benzene rings is 1. The summed E-state index contributed by atoms with van der Waals surface area (Å²) in [5.41, 5.74) is 6.54. The highest BCUT2D eigenvalue weighted by molar-refractivity contribution is 5.98. The Bertz CT molecular complexity index is 901. The number of nitrogens with one attached hydrogen (secondary N) is 2. The highest BCUT2D eigenvalue weighted by Gasteiger charge is 2.14. The van der Waals surface area contributed by atoms with Crippen LogP contribution in [0.2, 0.25) is 0 Å². The number of hydrogen-bond donors (Lipinski definition) is 3. The van der Waals surface area contributed by atoms with Crippen LogP contribution in [0.15, 0.2) is 55.0 Å². The molecule has 2 heterocycles. The van der Waals surface area contributed by atoms with Crippen LogP contribution < -0.4 is 16.4 Å². The number of carbonyl (C=O) groups is 1. The number of nitrogens with zero attached hydrogens (tertiary/aromatic N) is 3. The van der Waals surface area contributed by atoms with Crippen molar-refractivity contribution in [2.24, 2.45) is 5.73 Å². The van der Waals surface area contributed by atoms with Gasteiger partial charge in [0.25, 0.3) is 5.91 Å². The van der Waals surface area contributed by atoms with E-state index in [4.69, 9.17) is 5.73 Å². The van der Waals surface area contributed by atoms with Gasteiger partial charge in [0.2, 0.25) is 0 Å². The quantitative estimate of drug-likeness (QED) is 0.630. The highest BCUT2D eigenvalue weighted by Crippen LogP contribution is 2.23. The number of primary amides is 1. The van der Waals surface area contributed by atoms with Gasteiger partial charge in [0.15, 0.2) is 0 Å². The van der Waals surface area contributed by atoms with E-state index in [1.165, 1.54) is 12.1 Å². The zero-order valence-corrected chi connectivity index (χ0v) is 14.0. The molecule has 0 unspecified atom stereocenters. The third-order valence-electron chi connectivity index (χ3n) is 3.70. The summed E-state index contributed by atoms with van der Waals surface area (Å²) in [7, 11) is 0. The van der Waals surface area contributed by atoms with E-state index < -0.39 is 5.91 Å². The molecule has 0 spiro atoms. The summed E-state index contributed by atoms with van der Waals surface area (Å²) in [6, 6.07) is 9.07. The molecule has 0 fully saturated rings. The molecule has 3 rings (SSSR count). The summed E-state index contributed by atoms with van der Waals surface area (Å²) in [4.78, 5) is 24.2. The van der Waals surface area contributed by atoms with Gasteiger partial charge in [0, 0.05) is 18.4 Å². The summed E-state index contributed by atoms with van der Waals surface area (Å²) >= 11 is 0. The molecule has 8 heteroatoms. The molecule has 4 N–H and O–H groups in total. The molecule has 1 atom stereocenters. The van der Waals surface area contributed by atoms with Crippen molar-refractivity contribution in [3.63, 3.8) is 0 Å². The lowest BCUT2D eigenvalue weighted by molar-refractivity contribution is 0.100. The van der Waals surface area contributed by atoms with Crippen molar-refractivity contribution in [3.05, 3.63) is 71.9 Å². The first-order valence-corrected chi connectivity index (χ1v) is 7.89. The second-order valence-electron chi connectivity index (χ2n) is 5.59. The Balaban J connectivity index is 1.86.